The molecule has 126 valence electrons. The minimum atomic E-state index is -0.578. The summed E-state index contributed by atoms with van der Waals surface area (Å²) >= 11 is 0. The van der Waals surface area contributed by atoms with Crippen LogP contribution in [-0.4, -0.2) is 56.7 Å². The summed E-state index contributed by atoms with van der Waals surface area (Å²) in [5.41, 5.74) is 0.765. The highest BCUT2D eigenvalue weighted by atomic mass is 16.6. The number of carbonyl (C=O) groups excluding carboxylic acids is 2. The molecule has 0 saturated carbocycles. The molecule has 2 aliphatic heterocycles. The van der Waals surface area contributed by atoms with Gasteiger partial charge >= 0.3 is 6.09 Å². The topological polar surface area (TPSA) is 98.5 Å². The fourth-order valence-electron chi connectivity index (χ4n) is 2.92. The Morgan fingerprint density at radius 3 is 2.57 bits per heavy atom. The number of likely N-dealkylation sites (tertiary alicyclic amines) is 1. The van der Waals surface area contributed by atoms with Crippen molar-refractivity contribution in [3.05, 3.63) is 21.6 Å². The fraction of sp³-hybridized carbons (Fsp3) is 0.667. The lowest BCUT2D eigenvalue weighted by atomic mass is 10.00. The van der Waals surface area contributed by atoms with Gasteiger partial charge in [-0.3, -0.25) is 19.6 Å². The van der Waals surface area contributed by atoms with Crippen molar-refractivity contribution in [2.75, 3.05) is 13.1 Å². The highest BCUT2D eigenvalue weighted by molar-refractivity contribution is 5.87. The van der Waals surface area contributed by atoms with Crippen LogP contribution in [0, 0.1) is 0 Å². The quantitative estimate of drug-likeness (QED) is 0.791. The van der Waals surface area contributed by atoms with E-state index in [0.717, 1.165) is 5.69 Å². The van der Waals surface area contributed by atoms with Gasteiger partial charge in [0.15, 0.2) is 0 Å². The van der Waals surface area contributed by atoms with Gasteiger partial charge in [0.2, 0.25) is 5.91 Å². The van der Waals surface area contributed by atoms with E-state index in [1.807, 2.05) is 0 Å². The maximum absolute atomic E-state index is 12.7. The molecule has 3 heterocycles. The summed E-state index contributed by atoms with van der Waals surface area (Å²) in [4.78, 5) is 39.5. The van der Waals surface area contributed by atoms with Gasteiger partial charge in [-0.2, -0.15) is 0 Å². The largest absolute Gasteiger partial charge is 0.444 e. The molecule has 1 aromatic heterocycles. The molecule has 0 bridgehead atoms. The molecule has 0 radical (unpaired) electrons. The summed E-state index contributed by atoms with van der Waals surface area (Å²) in [5, 5.41) is 5.36. The third-order valence-corrected chi connectivity index (χ3v) is 4.19. The van der Waals surface area contributed by atoms with Crippen molar-refractivity contribution in [1.29, 1.82) is 0 Å². The third kappa shape index (κ3) is 2.97. The van der Waals surface area contributed by atoms with E-state index in [9.17, 15) is 14.4 Å². The zero-order valence-electron chi connectivity index (χ0n) is 13.6. The van der Waals surface area contributed by atoms with Gasteiger partial charge in [0.25, 0.3) is 5.56 Å². The predicted octanol–water partition coefficient (Wildman–Crippen LogP) is 0.597. The van der Waals surface area contributed by atoms with Crippen LogP contribution in [0.5, 0.6) is 0 Å². The van der Waals surface area contributed by atoms with E-state index in [1.165, 1.54) is 4.90 Å². The first-order valence-electron chi connectivity index (χ1n) is 7.83. The van der Waals surface area contributed by atoms with Crippen molar-refractivity contribution in [1.82, 2.24) is 20.0 Å². The predicted molar refractivity (Wildman–Crippen MR) is 81.9 cm³/mol. The molecule has 1 saturated heterocycles. The number of carbonyl (C=O) groups is 2. The summed E-state index contributed by atoms with van der Waals surface area (Å²) in [7, 11) is 0. The normalized spacial score (nSPS) is 20.7. The number of hydrogen-bond acceptors (Lipinski definition) is 4. The highest BCUT2D eigenvalue weighted by Crippen LogP contribution is 2.25. The Labute approximate surface area is 133 Å². The number of hydrogen-bond donors (Lipinski definition) is 2. The Kier molecular flexibility index (Phi) is 3.69. The molecule has 0 unspecified atom stereocenters. The molecule has 2 N–H and O–H groups in total. The standard InChI is InChI=1S/C15H22N4O4/c1-15(2,3)23-14(22)19-7-5-11(19)13(21)18-6-4-9-10(8-18)16-17-12(9)20/h11H,4-8H2,1-3H3,(H2,16,17,20)/t11-/m1/s1. The van der Waals surface area contributed by atoms with Crippen LogP contribution < -0.4 is 5.56 Å². The summed E-state index contributed by atoms with van der Waals surface area (Å²) < 4.78 is 5.33. The molecule has 1 aromatic rings. The van der Waals surface area contributed by atoms with Crippen LogP contribution in [0.1, 0.15) is 38.4 Å². The van der Waals surface area contributed by atoms with E-state index >= 15 is 0 Å². The summed E-state index contributed by atoms with van der Waals surface area (Å²) in [6, 6.07) is -0.461. The molecule has 0 aromatic carbocycles. The monoisotopic (exact) mass is 322 g/mol. The second-order valence-electron chi connectivity index (χ2n) is 7.02. The Morgan fingerprint density at radius 2 is 1.96 bits per heavy atom. The number of nitrogens with one attached hydrogen (secondary N) is 2. The van der Waals surface area contributed by atoms with Crippen molar-refractivity contribution in [3.63, 3.8) is 0 Å². The highest BCUT2D eigenvalue weighted by Gasteiger charge is 2.42. The number of nitrogens with zero attached hydrogens (tertiary/aromatic N) is 2. The minimum absolute atomic E-state index is 0.0881. The van der Waals surface area contributed by atoms with Crippen LogP contribution in [0.25, 0.3) is 0 Å². The van der Waals surface area contributed by atoms with E-state index in [2.05, 4.69) is 10.2 Å². The van der Waals surface area contributed by atoms with Crippen LogP contribution in [0.3, 0.4) is 0 Å². The molecule has 23 heavy (non-hydrogen) atoms. The average molecular weight is 322 g/mol. The molecule has 0 aliphatic carbocycles. The number of rotatable bonds is 1. The van der Waals surface area contributed by atoms with Crippen LogP contribution in [0.4, 0.5) is 4.79 Å². The molecular weight excluding hydrogens is 300 g/mol. The Bertz CT molecular complexity index is 684. The van der Waals surface area contributed by atoms with Gasteiger partial charge in [0.1, 0.15) is 11.6 Å². The number of aromatic amines is 2. The molecule has 0 spiro atoms. The van der Waals surface area contributed by atoms with Gasteiger partial charge in [-0.05, 0) is 33.6 Å². The fourth-order valence-corrected chi connectivity index (χ4v) is 2.92. The molecule has 2 amide bonds. The van der Waals surface area contributed by atoms with Crippen LogP contribution in [0.15, 0.2) is 4.79 Å². The lowest BCUT2D eigenvalue weighted by molar-refractivity contribution is -0.142. The van der Waals surface area contributed by atoms with E-state index in [1.54, 1.807) is 25.7 Å². The van der Waals surface area contributed by atoms with Crippen molar-refractivity contribution >= 4 is 12.0 Å². The molecule has 2 aliphatic rings. The lowest BCUT2D eigenvalue weighted by Crippen LogP contribution is -2.60. The van der Waals surface area contributed by atoms with Gasteiger partial charge in [0, 0.05) is 18.7 Å². The molecule has 8 heteroatoms. The third-order valence-electron chi connectivity index (χ3n) is 4.19. The Balaban J connectivity index is 1.65. The average Bonchev–Trinajstić information content (AvgIpc) is 2.76. The molecule has 3 rings (SSSR count). The smallest absolute Gasteiger partial charge is 0.410 e. The zero-order valence-corrected chi connectivity index (χ0v) is 13.6. The van der Waals surface area contributed by atoms with Crippen molar-refractivity contribution in [3.8, 4) is 0 Å². The van der Waals surface area contributed by atoms with E-state index in [-0.39, 0.29) is 11.5 Å². The zero-order chi connectivity index (χ0) is 16.8. The maximum atomic E-state index is 12.7. The SMILES string of the molecule is CC(C)(C)OC(=O)N1CC[C@@H]1C(=O)N1CCc2c([nH][nH]c2=O)C1. The summed E-state index contributed by atoms with van der Waals surface area (Å²) in [6.45, 7) is 6.80. The van der Waals surface area contributed by atoms with Crippen LogP contribution >= 0.6 is 0 Å². The number of fused-ring (bicyclic) bond motifs is 1. The number of ether oxygens (including phenoxy) is 1. The van der Waals surface area contributed by atoms with E-state index in [0.29, 0.717) is 38.0 Å². The van der Waals surface area contributed by atoms with Gasteiger partial charge < -0.3 is 14.7 Å². The van der Waals surface area contributed by atoms with Crippen LogP contribution in [0.2, 0.25) is 0 Å². The van der Waals surface area contributed by atoms with Gasteiger partial charge in [-0.1, -0.05) is 0 Å². The number of aromatic nitrogens is 2. The van der Waals surface area contributed by atoms with Gasteiger partial charge in [-0.25, -0.2) is 4.79 Å². The maximum Gasteiger partial charge on any atom is 0.410 e. The van der Waals surface area contributed by atoms with Crippen molar-refractivity contribution < 1.29 is 14.3 Å². The molecule has 1 fully saturated rings. The first-order valence-corrected chi connectivity index (χ1v) is 7.83. The summed E-state index contributed by atoms with van der Waals surface area (Å²) in [6.07, 6.45) is 0.722. The summed E-state index contributed by atoms with van der Waals surface area (Å²) in [5.74, 6) is -0.0881. The number of amides is 2. The molecule has 1 atom stereocenters. The Morgan fingerprint density at radius 1 is 1.22 bits per heavy atom. The van der Waals surface area contributed by atoms with Crippen molar-refractivity contribution in [2.45, 2.75) is 51.8 Å². The first kappa shape index (κ1) is 15.6. The Hall–Kier alpha value is -2.25. The van der Waals surface area contributed by atoms with Gasteiger partial charge in [-0.15, -0.1) is 0 Å². The number of H-pyrrole nitrogens is 2. The van der Waals surface area contributed by atoms with Gasteiger partial charge in [0.05, 0.1) is 12.2 Å². The first-order chi connectivity index (χ1) is 10.8. The second kappa shape index (κ2) is 5.43. The molecule has 8 nitrogen and oxygen atoms in total. The second-order valence-corrected chi connectivity index (χ2v) is 7.02. The van der Waals surface area contributed by atoms with Crippen LogP contribution in [-0.2, 0) is 22.5 Å². The lowest BCUT2D eigenvalue weighted by Gasteiger charge is -2.42. The molecular formula is C15H22N4O4. The van der Waals surface area contributed by atoms with Crippen molar-refractivity contribution in [2.24, 2.45) is 0 Å². The van der Waals surface area contributed by atoms with E-state index < -0.39 is 17.7 Å². The van der Waals surface area contributed by atoms with E-state index in [4.69, 9.17) is 4.74 Å². The minimum Gasteiger partial charge on any atom is -0.444 e.